The van der Waals surface area contributed by atoms with Gasteiger partial charge in [-0.15, -0.1) is 0 Å². The summed E-state index contributed by atoms with van der Waals surface area (Å²) in [4.78, 5) is 3.55. The first-order valence-corrected chi connectivity index (χ1v) is 7.45. The van der Waals surface area contributed by atoms with Crippen molar-refractivity contribution in [3.05, 3.63) is 24.5 Å². The summed E-state index contributed by atoms with van der Waals surface area (Å²) in [7, 11) is -7.76. The summed E-state index contributed by atoms with van der Waals surface area (Å²) in [6.07, 6.45) is 5.26. The van der Waals surface area contributed by atoms with Gasteiger partial charge in [0.05, 0.1) is 24.4 Å². The topological polar surface area (TPSA) is 84.4 Å². The number of hydrogen-bond donors (Lipinski definition) is 0. The molecule has 0 amide bonds. The van der Waals surface area contributed by atoms with Crippen LogP contribution in [-0.2, 0) is 20.0 Å². The number of aromatic nitrogens is 1. The average molecular weight is 249 g/mol. The van der Waals surface area contributed by atoms with Crippen molar-refractivity contribution in [3.8, 4) is 0 Å². The molecule has 6 nitrogen and oxygen atoms in total. The summed E-state index contributed by atoms with van der Waals surface area (Å²) in [5.74, 6) is 0. The van der Waals surface area contributed by atoms with E-state index in [4.69, 9.17) is 0 Å². The van der Waals surface area contributed by atoms with Gasteiger partial charge in [-0.05, 0) is 12.1 Å². The largest absolute Gasteiger partial charge is 0.254 e. The third kappa shape index (κ3) is 2.90. The van der Waals surface area contributed by atoms with Crippen LogP contribution in [0.5, 0.6) is 0 Å². The first-order valence-electron chi connectivity index (χ1n) is 3.75. The average Bonchev–Trinajstić information content (AvgIpc) is 2.00. The molecule has 1 aromatic heterocycles. The Kier molecular flexibility index (Phi) is 3.00. The summed E-state index contributed by atoms with van der Waals surface area (Å²) in [6.45, 7) is 0. The number of pyridine rings is 1. The molecule has 0 atom stereocenters. The number of rotatable bonds is 3. The van der Waals surface area contributed by atoms with E-state index in [0.717, 1.165) is 12.5 Å². The molecule has 83 valence electrons. The summed E-state index contributed by atoms with van der Waals surface area (Å²) >= 11 is 0. The molecular formula is C7H9N2O4S2. The third-order valence-electron chi connectivity index (χ3n) is 1.42. The molecule has 0 N–H and O–H groups in total. The fourth-order valence-corrected chi connectivity index (χ4v) is 4.01. The van der Waals surface area contributed by atoms with Crippen molar-refractivity contribution in [2.75, 3.05) is 16.2 Å². The van der Waals surface area contributed by atoms with Crippen molar-refractivity contribution in [2.24, 2.45) is 0 Å². The molecular weight excluding hydrogens is 240 g/mol. The second kappa shape index (κ2) is 3.78. The lowest BCUT2D eigenvalue weighted by Gasteiger charge is -2.18. The molecule has 15 heavy (non-hydrogen) atoms. The highest BCUT2D eigenvalue weighted by Gasteiger charge is 2.26. The van der Waals surface area contributed by atoms with Gasteiger partial charge in [-0.2, -0.15) is 3.71 Å². The molecule has 0 spiro atoms. The summed E-state index contributed by atoms with van der Waals surface area (Å²) in [5, 5.41) is 0. The number of anilines is 1. The first-order chi connectivity index (χ1) is 6.73. The van der Waals surface area contributed by atoms with Crippen molar-refractivity contribution >= 4 is 25.7 Å². The molecule has 1 radical (unpaired) electrons. The monoisotopic (exact) mass is 249 g/mol. The van der Waals surface area contributed by atoms with E-state index in [0.29, 0.717) is 3.71 Å². The molecule has 0 aliphatic rings. The van der Waals surface area contributed by atoms with E-state index in [9.17, 15) is 16.8 Å². The Balaban J connectivity index is 3.41. The van der Waals surface area contributed by atoms with Crippen molar-refractivity contribution in [3.63, 3.8) is 0 Å². The Bertz CT molecular complexity index is 504. The minimum Gasteiger partial charge on any atom is -0.254 e. The predicted molar refractivity (Wildman–Crippen MR) is 55.2 cm³/mol. The van der Waals surface area contributed by atoms with Gasteiger partial charge in [0.1, 0.15) is 0 Å². The zero-order valence-electron chi connectivity index (χ0n) is 8.08. The van der Waals surface area contributed by atoms with Crippen LogP contribution in [0.3, 0.4) is 0 Å². The van der Waals surface area contributed by atoms with Crippen LogP contribution in [0.1, 0.15) is 0 Å². The van der Waals surface area contributed by atoms with Crippen molar-refractivity contribution in [2.45, 2.75) is 0 Å². The Morgan fingerprint density at radius 2 is 1.73 bits per heavy atom. The molecule has 0 aliphatic carbocycles. The van der Waals surface area contributed by atoms with Gasteiger partial charge in [-0.1, -0.05) is 0 Å². The summed E-state index contributed by atoms with van der Waals surface area (Å²) in [5.41, 5.74) is -0.00463. The Hall–Kier alpha value is -1.15. The number of sulfonamides is 2. The molecule has 0 aromatic carbocycles. The van der Waals surface area contributed by atoms with Crippen LogP contribution in [0.4, 0.5) is 5.69 Å². The normalized spacial score (nSPS) is 12.4. The number of nitrogens with zero attached hydrogens (tertiary/aromatic N) is 2. The van der Waals surface area contributed by atoms with Crippen molar-refractivity contribution in [1.82, 2.24) is 4.98 Å². The zero-order chi connectivity index (χ0) is 11.7. The van der Waals surface area contributed by atoms with Gasteiger partial charge in [0, 0.05) is 6.20 Å². The lowest BCUT2D eigenvalue weighted by atomic mass is 10.4. The van der Waals surface area contributed by atoms with E-state index >= 15 is 0 Å². The zero-order valence-corrected chi connectivity index (χ0v) is 9.71. The molecule has 0 saturated heterocycles. The minimum absolute atomic E-state index is 0.00463. The van der Waals surface area contributed by atoms with Gasteiger partial charge < -0.3 is 0 Å². The second-order valence-electron chi connectivity index (χ2n) is 2.87. The van der Waals surface area contributed by atoms with Crippen molar-refractivity contribution in [1.29, 1.82) is 0 Å². The van der Waals surface area contributed by atoms with E-state index < -0.39 is 20.0 Å². The van der Waals surface area contributed by atoms with Crippen LogP contribution < -0.4 is 3.71 Å². The Morgan fingerprint density at radius 1 is 1.20 bits per heavy atom. The maximum atomic E-state index is 11.3. The van der Waals surface area contributed by atoms with Crippen LogP contribution in [0.15, 0.2) is 18.3 Å². The predicted octanol–water partition coefficient (Wildman–Crippen LogP) is -0.393. The highest BCUT2D eigenvalue weighted by atomic mass is 32.3. The van der Waals surface area contributed by atoms with Gasteiger partial charge >= 0.3 is 0 Å². The maximum absolute atomic E-state index is 11.3. The maximum Gasteiger partial charge on any atom is 0.245 e. The standard InChI is InChI=1S/C7H9N2O4S2/c1-14(10,11)9(15(2,12)13)7-3-5-8-6-4-7/h3-5H,1-2H3. The van der Waals surface area contributed by atoms with Crippen LogP contribution in [0.2, 0.25) is 0 Å². The molecule has 1 aromatic rings. The Labute approximate surface area is 88.7 Å². The molecule has 1 heterocycles. The highest BCUT2D eigenvalue weighted by Crippen LogP contribution is 2.18. The highest BCUT2D eigenvalue weighted by molar-refractivity contribution is 8.09. The molecule has 1 rings (SSSR count). The second-order valence-corrected chi connectivity index (χ2v) is 6.76. The summed E-state index contributed by atoms with van der Waals surface area (Å²) < 4.78 is 45.5. The van der Waals surface area contributed by atoms with Gasteiger partial charge in [-0.25, -0.2) is 16.8 Å². The van der Waals surface area contributed by atoms with E-state index in [1.807, 2.05) is 0 Å². The molecule has 0 saturated carbocycles. The molecule has 0 fully saturated rings. The fraction of sp³-hybridized carbons (Fsp3) is 0.286. The third-order valence-corrected chi connectivity index (χ3v) is 4.67. The van der Waals surface area contributed by atoms with Crippen LogP contribution in [0, 0.1) is 6.20 Å². The lowest BCUT2D eigenvalue weighted by molar-refractivity contribution is 0.590. The fourth-order valence-electron chi connectivity index (χ4n) is 1.05. The van der Waals surface area contributed by atoms with E-state index in [1.165, 1.54) is 18.3 Å². The molecule has 0 bridgehead atoms. The van der Waals surface area contributed by atoms with Gasteiger partial charge in [0.2, 0.25) is 20.0 Å². The molecule has 0 aliphatic heterocycles. The van der Waals surface area contributed by atoms with E-state index in [2.05, 4.69) is 11.2 Å². The first kappa shape index (κ1) is 11.9. The van der Waals surface area contributed by atoms with Crippen LogP contribution in [0.25, 0.3) is 0 Å². The van der Waals surface area contributed by atoms with E-state index in [1.54, 1.807) is 0 Å². The number of hydrogen-bond acceptors (Lipinski definition) is 5. The van der Waals surface area contributed by atoms with Gasteiger partial charge in [0.15, 0.2) is 0 Å². The van der Waals surface area contributed by atoms with Crippen molar-refractivity contribution < 1.29 is 16.8 Å². The lowest BCUT2D eigenvalue weighted by Crippen LogP contribution is -2.35. The quantitative estimate of drug-likeness (QED) is 0.728. The SMILES string of the molecule is CS(=O)(=O)N(c1c[c]ncc1)S(C)(=O)=O. The summed E-state index contributed by atoms with van der Waals surface area (Å²) in [6, 6.07) is 2.46. The van der Waals surface area contributed by atoms with Crippen LogP contribution in [-0.4, -0.2) is 34.3 Å². The Morgan fingerprint density at radius 3 is 2.07 bits per heavy atom. The van der Waals surface area contributed by atoms with Crippen LogP contribution >= 0.6 is 0 Å². The minimum atomic E-state index is -3.88. The van der Waals surface area contributed by atoms with Gasteiger partial charge in [0.25, 0.3) is 0 Å². The van der Waals surface area contributed by atoms with E-state index in [-0.39, 0.29) is 5.69 Å². The molecule has 0 unspecified atom stereocenters. The molecule has 8 heteroatoms. The smallest absolute Gasteiger partial charge is 0.245 e. The van der Waals surface area contributed by atoms with Gasteiger partial charge in [-0.3, -0.25) is 4.98 Å².